The Bertz CT molecular complexity index is 500. The summed E-state index contributed by atoms with van der Waals surface area (Å²) in [6, 6.07) is 0. The van der Waals surface area contributed by atoms with Gasteiger partial charge in [-0.2, -0.15) is 5.10 Å². The molecule has 0 aliphatic heterocycles. The molecule has 0 bridgehead atoms. The Morgan fingerprint density at radius 2 is 2.32 bits per heavy atom. The van der Waals surface area contributed by atoms with Crippen LogP contribution < -0.4 is 10.6 Å². The molecule has 2 atom stereocenters. The van der Waals surface area contributed by atoms with Gasteiger partial charge in [0.2, 0.25) is 0 Å². The molecule has 0 radical (unpaired) electrons. The molecule has 1 saturated carbocycles. The highest BCUT2D eigenvalue weighted by molar-refractivity contribution is 5.79. The standard InChI is InChI=1S/C15H28N6O/c1-4-16-14(17-9-13-19-11-20-21(13)3)18-10-15(2)8-6-5-7-12(15)22/h11-12,22H,4-10H2,1-3H3,(H2,16,17,18). The zero-order valence-corrected chi connectivity index (χ0v) is 13.8. The Kier molecular flexibility index (Phi) is 5.76. The Balaban J connectivity index is 1.95. The molecule has 1 aliphatic rings. The summed E-state index contributed by atoms with van der Waals surface area (Å²) in [5.41, 5.74) is -0.0841. The van der Waals surface area contributed by atoms with E-state index in [1.54, 1.807) is 4.68 Å². The van der Waals surface area contributed by atoms with Crippen LogP contribution in [-0.4, -0.2) is 45.0 Å². The van der Waals surface area contributed by atoms with E-state index in [0.717, 1.165) is 44.1 Å². The van der Waals surface area contributed by atoms with Gasteiger partial charge in [0.15, 0.2) is 5.96 Å². The van der Waals surface area contributed by atoms with E-state index in [-0.39, 0.29) is 11.5 Å². The highest BCUT2D eigenvalue weighted by Gasteiger charge is 2.35. The highest BCUT2D eigenvalue weighted by atomic mass is 16.3. The third-order valence-electron chi connectivity index (χ3n) is 4.47. The number of hydrogen-bond donors (Lipinski definition) is 3. The average Bonchev–Trinajstić information content (AvgIpc) is 2.91. The maximum absolute atomic E-state index is 10.3. The van der Waals surface area contributed by atoms with E-state index in [0.29, 0.717) is 6.54 Å². The number of nitrogens with zero attached hydrogens (tertiary/aromatic N) is 4. The van der Waals surface area contributed by atoms with Crippen molar-refractivity contribution in [3.8, 4) is 0 Å². The summed E-state index contributed by atoms with van der Waals surface area (Å²) in [7, 11) is 1.86. The van der Waals surface area contributed by atoms with E-state index in [4.69, 9.17) is 0 Å². The van der Waals surface area contributed by atoms with Gasteiger partial charge >= 0.3 is 0 Å². The Morgan fingerprint density at radius 1 is 1.50 bits per heavy atom. The van der Waals surface area contributed by atoms with Gasteiger partial charge < -0.3 is 15.7 Å². The zero-order valence-electron chi connectivity index (χ0n) is 13.8. The molecule has 124 valence electrons. The number of aromatic nitrogens is 3. The lowest BCUT2D eigenvalue weighted by molar-refractivity contribution is 0.00397. The third-order valence-corrected chi connectivity index (χ3v) is 4.47. The van der Waals surface area contributed by atoms with Crippen LogP contribution in [0.1, 0.15) is 45.4 Å². The van der Waals surface area contributed by atoms with Crippen LogP contribution in [0, 0.1) is 5.41 Å². The molecule has 7 nitrogen and oxygen atoms in total. The average molecular weight is 308 g/mol. The van der Waals surface area contributed by atoms with Crippen LogP contribution in [-0.2, 0) is 13.6 Å². The van der Waals surface area contributed by atoms with Crippen LogP contribution in [0.15, 0.2) is 11.3 Å². The Morgan fingerprint density at radius 3 is 2.95 bits per heavy atom. The first-order chi connectivity index (χ1) is 10.5. The van der Waals surface area contributed by atoms with Crippen LogP contribution in [0.25, 0.3) is 0 Å². The maximum Gasteiger partial charge on any atom is 0.191 e. The van der Waals surface area contributed by atoms with Crippen molar-refractivity contribution in [2.45, 2.75) is 52.2 Å². The van der Waals surface area contributed by atoms with Crippen molar-refractivity contribution in [2.75, 3.05) is 13.1 Å². The SMILES string of the molecule is CCNC(=NCc1ncnn1C)NCC1(C)CCCCC1O. The summed E-state index contributed by atoms with van der Waals surface area (Å²) in [6.07, 6.45) is 5.54. The fourth-order valence-electron chi connectivity index (χ4n) is 2.83. The molecule has 1 heterocycles. The number of aryl methyl sites for hydroxylation is 1. The Hall–Kier alpha value is -1.63. The highest BCUT2D eigenvalue weighted by Crippen LogP contribution is 2.35. The van der Waals surface area contributed by atoms with Gasteiger partial charge in [-0.05, 0) is 19.8 Å². The fourth-order valence-corrected chi connectivity index (χ4v) is 2.83. The van der Waals surface area contributed by atoms with Gasteiger partial charge in [-0.1, -0.05) is 19.8 Å². The van der Waals surface area contributed by atoms with Gasteiger partial charge in [0.25, 0.3) is 0 Å². The van der Waals surface area contributed by atoms with Gasteiger partial charge in [0.1, 0.15) is 18.7 Å². The minimum Gasteiger partial charge on any atom is -0.392 e. The first-order valence-electron chi connectivity index (χ1n) is 8.08. The van der Waals surface area contributed by atoms with Crippen LogP contribution in [0.3, 0.4) is 0 Å². The van der Waals surface area contributed by atoms with E-state index in [9.17, 15) is 5.11 Å². The smallest absolute Gasteiger partial charge is 0.191 e. The molecule has 1 aliphatic carbocycles. The lowest BCUT2D eigenvalue weighted by atomic mass is 9.73. The van der Waals surface area contributed by atoms with E-state index in [2.05, 4.69) is 32.6 Å². The molecule has 0 aromatic carbocycles. The first kappa shape index (κ1) is 16.7. The molecule has 0 saturated heterocycles. The monoisotopic (exact) mass is 308 g/mol. The van der Waals surface area contributed by atoms with Crippen LogP contribution in [0.4, 0.5) is 0 Å². The molecule has 0 spiro atoms. The summed E-state index contributed by atoms with van der Waals surface area (Å²) in [5.74, 6) is 1.57. The number of aliphatic hydroxyl groups excluding tert-OH is 1. The van der Waals surface area contributed by atoms with Crippen LogP contribution in [0.2, 0.25) is 0 Å². The molecule has 0 amide bonds. The van der Waals surface area contributed by atoms with Gasteiger partial charge in [-0.15, -0.1) is 0 Å². The second-order valence-corrected chi connectivity index (χ2v) is 6.26. The number of nitrogens with one attached hydrogen (secondary N) is 2. The Labute approximate surface area is 132 Å². The topological polar surface area (TPSA) is 87.4 Å². The van der Waals surface area contributed by atoms with Gasteiger partial charge in [-0.3, -0.25) is 4.68 Å². The van der Waals surface area contributed by atoms with Crippen molar-refractivity contribution in [2.24, 2.45) is 17.5 Å². The van der Waals surface area contributed by atoms with Gasteiger partial charge in [0.05, 0.1) is 6.10 Å². The zero-order chi connectivity index (χ0) is 16.0. The fraction of sp³-hybridized carbons (Fsp3) is 0.800. The van der Waals surface area contributed by atoms with Crippen LogP contribution >= 0.6 is 0 Å². The summed E-state index contributed by atoms with van der Waals surface area (Å²) >= 11 is 0. The van der Waals surface area contributed by atoms with E-state index in [1.165, 1.54) is 12.7 Å². The lowest BCUT2D eigenvalue weighted by Gasteiger charge is -2.38. The van der Waals surface area contributed by atoms with E-state index < -0.39 is 0 Å². The van der Waals surface area contributed by atoms with Crippen molar-refractivity contribution < 1.29 is 5.11 Å². The largest absolute Gasteiger partial charge is 0.392 e. The predicted octanol–water partition coefficient (Wildman–Crippen LogP) is 0.811. The number of rotatable bonds is 5. The molecule has 7 heteroatoms. The first-order valence-corrected chi connectivity index (χ1v) is 8.08. The van der Waals surface area contributed by atoms with Crippen molar-refractivity contribution in [3.63, 3.8) is 0 Å². The summed E-state index contributed by atoms with van der Waals surface area (Å²) in [5, 5.41) is 20.9. The number of guanidine groups is 1. The van der Waals surface area contributed by atoms with E-state index in [1.807, 2.05) is 14.0 Å². The predicted molar refractivity (Wildman–Crippen MR) is 86.4 cm³/mol. The normalized spacial score (nSPS) is 26.0. The molecule has 22 heavy (non-hydrogen) atoms. The molecule has 3 N–H and O–H groups in total. The second kappa shape index (κ2) is 7.58. The summed E-state index contributed by atoms with van der Waals surface area (Å²) in [4.78, 5) is 8.72. The minimum absolute atomic E-state index is 0.0841. The van der Waals surface area contributed by atoms with Gasteiger partial charge in [-0.25, -0.2) is 9.98 Å². The van der Waals surface area contributed by atoms with Crippen molar-refractivity contribution in [1.29, 1.82) is 0 Å². The second-order valence-electron chi connectivity index (χ2n) is 6.26. The van der Waals surface area contributed by atoms with Crippen LogP contribution in [0.5, 0.6) is 0 Å². The number of aliphatic hydroxyl groups is 1. The molecule has 1 fully saturated rings. The third kappa shape index (κ3) is 4.19. The minimum atomic E-state index is -0.240. The molecule has 1 aromatic heterocycles. The molecule has 2 rings (SSSR count). The number of hydrogen-bond acceptors (Lipinski definition) is 4. The summed E-state index contributed by atoms with van der Waals surface area (Å²) in [6.45, 7) is 6.18. The number of aliphatic imine (C=N–C) groups is 1. The van der Waals surface area contributed by atoms with E-state index >= 15 is 0 Å². The molecule has 2 unspecified atom stereocenters. The molecular weight excluding hydrogens is 280 g/mol. The lowest BCUT2D eigenvalue weighted by Crippen LogP contribution is -2.48. The van der Waals surface area contributed by atoms with Crippen molar-refractivity contribution in [3.05, 3.63) is 12.2 Å². The summed E-state index contributed by atoms with van der Waals surface area (Å²) < 4.78 is 1.72. The molecular formula is C15H28N6O. The van der Waals surface area contributed by atoms with Gasteiger partial charge in [0, 0.05) is 25.6 Å². The quantitative estimate of drug-likeness (QED) is 0.553. The maximum atomic E-state index is 10.3. The molecule has 1 aromatic rings. The van der Waals surface area contributed by atoms with Crippen molar-refractivity contribution in [1.82, 2.24) is 25.4 Å². The van der Waals surface area contributed by atoms with Crippen molar-refractivity contribution >= 4 is 5.96 Å².